The summed E-state index contributed by atoms with van der Waals surface area (Å²) in [6.45, 7) is 4.04. The highest BCUT2D eigenvalue weighted by atomic mass is 16.5. The Morgan fingerprint density at radius 1 is 0.615 bits per heavy atom. The summed E-state index contributed by atoms with van der Waals surface area (Å²) in [6, 6.07) is 19.0. The average molecular weight is 338 g/mol. The topological polar surface area (TPSA) is 18.5 Å². The van der Waals surface area contributed by atoms with E-state index in [9.17, 15) is 0 Å². The van der Waals surface area contributed by atoms with Crippen molar-refractivity contribution in [3.05, 3.63) is 82.9 Å². The van der Waals surface area contributed by atoms with Crippen LogP contribution in [0.5, 0.6) is 23.0 Å². The summed E-state index contributed by atoms with van der Waals surface area (Å²) in [5.41, 5.74) is 3.46. The molecule has 0 aliphatic rings. The SMILES string of the molecule is C#Cc1cc(C#C)c(Oc2ccc(C)cc2)cc1Oc1ccc(C)cc1. The fraction of sp³-hybridized carbons (Fsp3) is 0.0833. The maximum absolute atomic E-state index is 5.96. The van der Waals surface area contributed by atoms with Crippen molar-refractivity contribution in [2.75, 3.05) is 0 Å². The maximum atomic E-state index is 5.96. The number of terminal acetylenes is 2. The van der Waals surface area contributed by atoms with Crippen molar-refractivity contribution in [2.45, 2.75) is 13.8 Å². The van der Waals surface area contributed by atoms with Gasteiger partial charge in [-0.3, -0.25) is 0 Å². The lowest BCUT2D eigenvalue weighted by atomic mass is 10.1. The summed E-state index contributed by atoms with van der Waals surface area (Å²) < 4.78 is 11.9. The summed E-state index contributed by atoms with van der Waals surface area (Å²) in [7, 11) is 0. The van der Waals surface area contributed by atoms with E-state index >= 15 is 0 Å². The van der Waals surface area contributed by atoms with Crippen molar-refractivity contribution < 1.29 is 9.47 Å². The highest BCUT2D eigenvalue weighted by Crippen LogP contribution is 2.34. The number of aryl methyl sites for hydroxylation is 2. The highest BCUT2D eigenvalue weighted by Gasteiger charge is 2.12. The van der Waals surface area contributed by atoms with Gasteiger partial charge in [-0.05, 0) is 44.2 Å². The Morgan fingerprint density at radius 3 is 1.35 bits per heavy atom. The zero-order chi connectivity index (χ0) is 18.5. The van der Waals surface area contributed by atoms with Gasteiger partial charge in [-0.25, -0.2) is 0 Å². The van der Waals surface area contributed by atoms with Gasteiger partial charge in [0.05, 0.1) is 11.1 Å². The first-order valence-corrected chi connectivity index (χ1v) is 8.19. The highest BCUT2D eigenvalue weighted by molar-refractivity contribution is 5.59. The van der Waals surface area contributed by atoms with Crippen molar-refractivity contribution >= 4 is 0 Å². The van der Waals surface area contributed by atoms with Gasteiger partial charge in [0.1, 0.15) is 23.0 Å². The molecule has 0 saturated heterocycles. The van der Waals surface area contributed by atoms with Gasteiger partial charge < -0.3 is 9.47 Å². The molecule has 3 aromatic carbocycles. The fourth-order valence-corrected chi connectivity index (χ4v) is 2.42. The van der Waals surface area contributed by atoms with Gasteiger partial charge >= 0.3 is 0 Å². The molecule has 0 aliphatic carbocycles. The zero-order valence-electron chi connectivity index (χ0n) is 14.7. The summed E-state index contributed by atoms with van der Waals surface area (Å²) in [5.74, 6) is 7.69. The summed E-state index contributed by atoms with van der Waals surface area (Å²) >= 11 is 0. The first kappa shape index (κ1) is 17.2. The zero-order valence-corrected chi connectivity index (χ0v) is 14.7. The first-order chi connectivity index (χ1) is 12.6. The molecule has 3 aromatic rings. The lowest BCUT2D eigenvalue weighted by Crippen LogP contribution is -1.94. The second-order valence-electron chi connectivity index (χ2n) is 5.96. The Labute approximate surface area is 154 Å². The standard InChI is InChI=1S/C24H18O2/c1-5-19-15-20(6-2)24(26-22-13-9-18(4)10-14-22)16-23(19)25-21-11-7-17(3)8-12-21/h1-2,7-16H,3-4H3. The van der Waals surface area contributed by atoms with Crippen molar-refractivity contribution in [2.24, 2.45) is 0 Å². The van der Waals surface area contributed by atoms with Gasteiger partial charge in [-0.15, -0.1) is 12.8 Å². The number of ether oxygens (including phenoxy) is 2. The second-order valence-corrected chi connectivity index (χ2v) is 5.96. The average Bonchev–Trinajstić information content (AvgIpc) is 2.65. The molecule has 0 aromatic heterocycles. The number of hydrogen-bond acceptors (Lipinski definition) is 2. The molecule has 0 unspecified atom stereocenters. The molecule has 0 fully saturated rings. The Kier molecular flexibility index (Phi) is 4.97. The molecular formula is C24H18O2. The summed E-state index contributed by atoms with van der Waals surface area (Å²) in [6.07, 6.45) is 11.3. The van der Waals surface area contributed by atoms with Crippen LogP contribution < -0.4 is 9.47 Å². The molecule has 0 bridgehead atoms. The predicted octanol–water partition coefficient (Wildman–Crippen LogP) is 5.85. The van der Waals surface area contributed by atoms with Crippen molar-refractivity contribution in [1.29, 1.82) is 0 Å². The Bertz CT molecular complexity index is 918. The van der Waals surface area contributed by atoms with Crippen LogP contribution >= 0.6 is 0 Å². The van der Waals surface area contributed by atoms with E-state index in [0.717, 1.165) is 11.1 Å². The molecule has 0 atom stereocenters. The van der Waals surface area contributed by atoms with Crippen LogP contribution in [0.1, 0.15) is 22.3 Å². The molecular weight excluding hydrogens is 320 g/mol. The maximum Gasteiger partial charge on any atom is 0.146 e. The van der Waals surface area contributed by atoms with Crippen molar-refractivity contribution in [3.8, 4) is 47.7 Å². The number of hydrogen-bond donors (Lipinski definition) is 0. The normalized spacial score (nSPS) is 9.85. The van der Waals surface area contributed by atoms with E-state index in [0.29, 0.717) is 34.1 Å². The third-order valence-corrected chi connectivity index (χ3v) is 3.89. The van der Waals surface area contributed by atoms with Gasteiger partial charge in [0, 0.05) is 6.07 Å². The largest absolute Gasteiger partial charge is 0.456 e. The summed E-state index contributed by atoms with van der Waals surface area (Å²) in [5, 5.41) is 0. The molecule has 2 heteroatoms. The number of rotatable bonds is 4. The monoisotopic (exact) mass is 338 g/mol. The predicted molar refractivity (Wildman–Crippen MR) is 105 cm³/mol. The molecule has 0 spiro atoms. The second kappa shape index (κ2) is 7.51. The van der Waals surface area contributed by atoms with Crippen LogP contribution in [0.15, 0.2) is 60.7 Å². The van der Waals surface area contributed by atoms with Crippen LogP contribution in [-0.2, 0) is 0 Å². The molecule has 2 nitrogen and oxygen atoms in total. The Balaban J connectivity index is 1.98. The third kappa shape index (κ3) is 3.89. The van der Waals surface area contributed by atoms with Gasteiger partial charge in [0.2, 0.25) is 0 Å². The van der Waals surface area contributed by atoms with E-state index in [4.69, 9.17) is 22.3 Å². The quantitative estimate of drug-likeness (QED) is 0.556. The van der Waals surface area contributed by atoms with Crippen molar-refractivity contribution in [1.82, 2.24) is 0 Å². The van der Waals surface area contributed by atoms with Gasteiger partial charge in [0.15, 0.2) is 0 Å². The van der Waals surface area contributed by atoms with Crippen LogP contribution in [0.4, 0.5) is 0 Å². The molecule has 0 saturated carbocycles. The lowest BCUT2D eigenvalue weighted by molar-refractivity contribution is 0.458. The third-order valence-electron chi connectivity index (χ3n) is 3.89. The van der Waals surface area contributed by atoms with Crippen LogP contribution in [0, 0.1) is 38.5 Å². The smallest absolute Gasteiger partial charge is 0.146 e. The van der Waals surface area contributed by atoms with E-state index in [2.05, 4.69) is 11.8 Å². The van der Waals surface area contributed by atoms with Crippen LogP contribution in [-0.4, -0.2) is 0 Å². The lowest BCUT2D eigenvalue weighted by Gasteiger charge is -2.13. The van der Waals surface area contributed by atoms with Gasteiger partial charge in [-0.2, -0.15) is 0 Å². The van der Waals surface area contributed by atoms with E-state index < -0.39 is 0 Å². The Morgan fingerprint density at radius 2 is 1.00 bits per heavy atom. The van der Waals surface area contributed by atoms with E-state index in [1.807, 2.05) is 62.4 Å². The van der Waals surface area contributed by atoms with E-state index in [1.165, 1.54) is 0 Å². The minimum Gasteiger partial charge on any atom is -0.456 e. The van der Waals surface area contributed by atoms with E-state index in [1.54, 1.807) is 12.1 Å². The minimum absolute atomic E-state index is 0.525. The minimum atomic E-state index is 0.525. The van der Waals surface area contributed by atoms with Crippen LogP contribution in [0.2, 0.25) is 0 Å². The van der Waals surface area contributed by atoms with Crippen LogP contribution in [0.25, 0.3) is 0 Å². The molecule has 0 amide bonds. The van der Waals surface area contributed by atoms with Gasteiger partial charge in [0.25, 0.3) is 0 Å². The van der Waals surface area contributed by atoms with Crippen LogP contribution in [0.3, 0.4) is 0 Å². The molecule has 0 N–H and O–H groups in total. The molecule has 0 aliphatic heterocycles. The molecule has 26 heavy (non-hydrogen) atoms. The fourth-order valence-electron chi connectivity index (χ4n) is 2.42. The molecule has 3 rings (SSSR count). The molecule has 0 radical (unpaired) electrons. The Hall–Kier alpha value is -3.62. The van der Waals surface area contributed by atoms with Crippen molar-refractivity contribution in [3.63, 3.8) is 0 Å². The summed E-state index contributed by atoms with van der Waals surface area (Å²) in [4.78, 5) is 0. The van der Waals surface area contributed by atoms with E-state index in [-0.39, 0.29) is 0 Å². The number of benzene rings is 3. The first-order valence-electron chi connectivity index (χ1n) is 8.19. The van der Waals surface area contributed by atoms with Gasteiger partial charge in [-0.1, -0.05) is 47.2 Å². The molecule has 126 valence electrons. The molecule has 0 heterocycles.